The number of hydrogen-bond donors (Lipinski definition) is 3. The van der Waals surface area contributed by atoms with Gasteiger partial charge in [-0.05, 0) is 79.4 Å². The molecule has 11 nitrogen and oxygen atoms in total. The highest BCUT2D eigenvalue weighted by molar-refractivity contribution is 6.35. The first kappa shape index (κ1) is 36.4. The summed E-state index contributed by atoms with van der Waals surface area (Å²) < 4.78 is 11.6. The predicted molar refractivity (Wildman–Crippen MR) is 197 cm³/mol. The lowest BCUT2D eigenvalue weighted by molar-refractivity contribution is -0.119. The summed E-state index contributed by atoms with van der Waals surface area (Å²) >= 11 is 12.7. The highest BCUT2D eigenvalue weighted by Crippen LogP contribution is 2.31. The fourth-order valence-corrected chi connectivity index (χ4v) is 6.94. The van der Waals surface area contributed by atoms with Gasteiger partial charge in [-0.3, -0.25) is 9.69 Å². The number of amides is 2. The summed E-state index contributed by atoms with van der Waals surface area (Å²) in [6.07, 6.45) is 2.50. The minimum absolute atomic E-state index is 0.00662. The molecule has 268 valence electrons. The zero-order valence-electron chi connectivity index (χ0n) is 28.4. The highest BCUT2D eigenvalue weighted by atomic mass is 35.5. The quantitative estimate of drug-likeness (QED) is 0.153. The number of carbonyl (C=O) groups is 2. The molecule has 2 aromatic carbocycles. The van der Waals surface area contributed by atoms with E-state index >= 15 is 0 Å². The number of aromatic nitrogens is 2. The van der Waals surface area contributed by atoms with E-state index < -0.39 is 12.2 Å². The second-order valence-electron chi connectivity index (χ2n) is 13.1. The Hall–Kier alpha value is -4.42. The first-order chi connectivity index (χ1) is 24.7. The monoisotopic (exact) mass is 732 g/mol. The number of anilines is 1. The number of likely N-dealkylation sites (tertiary alicyclic amines) is 1. The number of nitrogens with zero attached hydrogens (tertiary/aromatic N) is 4. The standard InChI is InChI=1S/C38H42Cl2N6O5/c1-25(47)41-18-26-9-11-45(12-10-26)21-28-13-34(29-15-31(39)17-32(40)16-29)44-37(14-28)51-33-7-8-36(42-20-33)46-22-30(35(48)23-46)19-43-38(49)50-24-27-5-3-2-4-6-27/h2-8,13-17,20,26,30,35,48H,9-12,18-19,21-24H2,1H3,(H,41,47)(H,43,49)/t30-,35-/m1/s1. The Morgan fingerprint density at radius 3 is 2.39 bits per heavy atom. The molecule has 6 rings (SSSR count). The number of hydrogen-bond acceptors (Lipinski definition) is 9. The van der Waals surface area contributed by atoms with Gasteiger partial charge in [-0.1, -0.05) is 53.5 Å². The summed E-state index contributed by atoms with van der Waals surface area (Å²) in [4.78, 5) is 37.4. The van der Waals surface area contributed by atoms with Crippen molar-refractivity contribution in [1.82, 2.24) is 25.5 Å². The molecule has 2 aromatic heterocycles. The maximum absolute atomic E-state index is 12.2. The van der Waals surface area contributed by atoms with Crippen LogP contribution < -0.4 is 20.3 Å². The van der Waals surface area contributed by atoms with Crippen molar-refractivity contribution < 1.29 is 24.2 Å². The van der Waals surface area contributed by atoms with E-state index in [1.807, 2.05) is 71.6 Å². The fourth-order valence-electron chi connectivity index (χ4n) is 6.42. The molecule has 0 bridgehead atoms. The Balaban J connectivity index is 1.08. The molecule has 2 saturated heterocycles. The largest absolute Gasteiger partial charge is 0.445 e. The summed E-state index contributed by atoms with van der Waals surface area (Å²) in [5.74, 6) is 1.91. The van der Waals surface area contributed by atoms with Crippen molar-refractivity contribution in [3.05, 3.63) is 100 Å². The zero-order valence-corrected chi connectivity index (χ0v) is 29.9. The van der Waals surface area contributed by atoms with Gasteiger partial charge in [0.1, 0.15) is 18.2 Å². The Kier molecular flexibility index (Phi) is 12.3. The topological polar surface area (TPSA) is 129 Å². The number of rotatable bonds is 12. The van der Waals surface area contributed by atoms with Crippen LogP contribution in [0.4, 0.5) is 10.6 Å². The number of carbonyl (C=O) groups excluding carboxylic acids is 2. The molecule has 51 heavy (non-hydrogen) atoms. The van der Waals surface area contributed by atoms with Gasteiger partial charge < -0.3 is 30.1 Å². The van der Waals surface area contributed by atoms with Gasteiger partial charge in [0.05, 0.1) is 18.0 Å². The van der Waals surface area contributed by atoms with Crippen LogP contribution in [0.5, 0.6) is 11.6 Å². The van der Waals surface area contributed by atoms with Crippen LogP contribution in [0.15, 0.2) is 79.0 Å². The maximum Gasteiger partial charge on any atom is 0.407 e. The van der Waals surface area contributed by atoms with E-state index in [0.29, 0.717) is 65.3 Å². The maximum atomic E-state index is 12.2. The third kappa shape index (κ3) is 10.6. The molecule has 2 fully saturated rings. The van der Waals surface area contributed by atoms with Crippen molar-refractivity contribution in [3.63, 3.8) is 0 Å². The Bertz CT molecular complexity index is 1770. The fraction of sp³-hybridized carbons (Fsp3) is 0.368. The zero-order chi connectivity index (χ0) is 35.7. The van der Waals surface area contributed by atoms with Gasteiger partial charge in [0, 0.05) is 67.2 Å². The average Bonchev–Trinajstić information content (AvgIpc) is 3.49. The number of aliphatic hydroxyl groups excluding tert-OH is 1. The van der Waals surface area contributed by atoms with Crippen LogP contribution in [0.1, 0.15) is 30.9 Å². The van der Waals surface area contributed by atoms with Gasteiger partial charge in [0.25, 0.3) is 0 Å². The van der Waals surface area contributed by atoms with E-state index in [9.17, 15) is 14.7 Å². The van der Waals surface area contributed by atoms with E-state index in [1.165, 1.54) is 0 Å². The molecule has 0 saturated carbocycles. The van der Waals surface area contributed by atoms with E-state index in [2.05, 4.69) is 20.5 Å². The minimum atomic E-state index is -0.634. The number of benzene rings is 2. The molecule has 13 heteroatoms. The number of aliphatic hydroxyl groups is 1. The van der Waals surface area contributed by atoms with Crippen LogP contribution in [-0.2, 0) is 22.7 Å². The van der Waals surface area contributed by atoms with Crippen molar-refractivity contribution in [3.8, 4) is 22.9 Å². The highest BCUT2D eigenvalue weighted by Gasteiger charge is 2.32. The van der Waals surface area contributed by atoms with Crippen molar-refractivity contribution >= 4 is 41.0 Å². The van der Waals surface area contributed by atoms with Gasteiger partial charge in [-0.15, -0.1) is 0 Å². The molecule has 2 atom stereocenters. The van der Waals surface area contributed by atoms with Crippen LogP contribution in [0, 0.1) is 11.8 Å². The first-order valence-electron chi connectivity index (χ1n) is 17.1. The van der Waals surface area contributed by atoms with Crippen LogP contribution in [-0.4, -0.2) is 77.3 Å². The molecular formula is C38H42Cl2N6O5. The van der Waals surface area contributed by atoms with Crippen LogP contribution in [0.25, 0.3) is 11.3 Å². The van der Waals surface area contributed by atoms with Crippen LogP contribution >= 0.6 is 23.2 Å². The van der Waals surface area contributed by atoms with Crippen molar-refractivity contribution in [2.75, 3.05) is 44.2 Å². The van der Waals surface area contributed by atoms with Crippen LogP contribution in [0.3, 0.4) is 0 Å². The van der Waals surface area contributed by atoms with Crippen molar-refractivity contribution in [2.45, 2.75) is 39.0 Å². The minimum Gasteiger partial charge on any atom is -0.445 e. The number of nitrogens with one attached hydrogen (secondary N) is 2. The van der Waals surface area contributed by atoms with E-state index in [1.54, 1.807) is 19.2 Å². The second kappa shape index (κ2) is 17.2. The van der Waals surface area contributed by atoms with Gasteiger partial charge >= 0.3 is 6.09 Å². The summed E-state index contributed by atoms with van der Waals surface area (Å²) in [7, 11) is 0. The molecule has 3 N–H and O–H groups in total. The number of piperidine rings is 1. The SMILES string of the molecule is CC(=O)NCC1CCN(Cc2cc(Oc3ccc(N4C[C@@H](CNC(=O)OCc5ccccc5)[C@H](O)C4)nc3)nc(-c3cc(Cl)cc(Cl)c3)c2)CC1. The molecule has 0 radical (unpaired) electrons. The van der Waals surface area contributed by atoms with Gasteiger partial charge in [0.15, 0.2) is 0 Å². The number of pyridine rings is 2. The number of alkyl carbamates (subject to hydrolysis) is 1. The molecule has 0 spiro atoms. The van der Waals surface area contributed by atoms with Gasteiger partial charge in [-0.2, -0.15) is 0 Å². The molecule has 0 aliphatic carbocycles. The summed E-state index contributed by atoms with van der Waals surface area (Å²) in [6, 6.07) is 22.5. The molecule has 2 aliphatic heterocycles. The average molecular weight is 734 g/mol. The number of ether oxygens (including phenoxy) is 2. The van der Waals surface area contributed by atoms with Gasteiger partial charge in [0.2, 0.25) is 11.8 Å². The van der Waals surface area contributed by atoms with Gasteiger partial charge in [-0.25, -0.2) is 14.8 Å². The van der Waals surface area contributed by atoms with E-state index in [-0.39, 0.29) is 25.0 Å². The summed E-state index contributed by atoms with van der Waals surface area (Å²) in [5, 5.41) is 17.5. The van der Waals surface area contributed by atoms with E-state index in [0.717, 1.165) is 42.6 Å². The Labute approximate surface area is 307 Å². The lowest BCUT2D eigenvalue weighted by Crippen LogP contribution is -2.37. The lowest BCUT2D eigenvalue weighted by Gasteiger charge is -2.32. The predicted octanol–water partition coefficient (Wildman–Crippen LogP) is 6.31. The Morgan fingerprint density at radius 1 is 0.922 bits per heavy atom. The normalized spacial score (nSPS) is 18.0. The van der Waals surface area contributed by atoms with E-state index in [4.69, 9.17) is 37.7 Å². The Morgan fingerprint density at radius 2 is 1.69 bits per heavy atom. The molecule has 4 heterocycles. The summed E-state index contributed by atoms with van der Waals surface area (Å²) in [6.45, 7) is 6.20. The van der Waals surface area contributed by atoms with Crippen molar-refractivity contribution in [2.24, 2.45) is 11.8 Å². The number of halogens is 2. The third-order valence-corrected chi connectivity index (χ3v) is 9.60. The third-order valence-electron chi connectivity index (χ3n) is 9.17. The lowest BCUT2D eigenvalue weighted by atomic mass is 9.96. The smallest absolute Gasteiger partial charge is 0.407 e. The first-order valence-corrected chi connectivity index (χ1v) is 17.9. The van der Waals surface area contributed by atoms with Crippen molar-refractivity contribution in [1.29, 1.82) is 0 Å². The molecular weight excluding hydrogens is 691 g/mol. The molecule has 2 aliphatic rings. The molecule has 0 unspecified atom stereocenters. The second-order valence-corrected chi connectivity index (χ2v) is 14.0. The number of β-amino-alcohol motifs (C(OH)–C–C–N with tert-alkyl or cyclic N) is 1. The molecule has 4 aromatic rings. The molecule has 2 amide bonds. The summed E-state index contributed by atoms with van der Waals surface area (Å²) in [5.41, 5.74) is 3.40. The van der Waals surface area contributed by atoms with Crippen LogP contribution in [0.2, 0.25) is 10.0 Å².